The molecule has 0 fully saturated rings. The van der Waals surface area contributed by atoms with Gasteiger partial charge in [0.1, 0.15) is 0 Å². The summed E-state index contributed by atoms with van der Waals surface area (Å²) in [6.45, 7) is 9.15. The van der Waals surface area contributed by atoms with Gasteiger partial charge in [-0.3, -0.25) is 4.79 Å². The SMILES string of the molecule is C/C=C/C(=O)O.CCCCCCCCCCCCCCCCCC(C)CC(=O)O.CCCCCCCCCCCCCCCCN. The smallest absolute Gasteiger partial charge is 0.327 e. The van der Waals surface area contributed by atoms with Gasteiger partial charge in [0.25, 0.3) is 0 Å². The average Bonchev–Trinajstić information content (AvgIpc) is 3.01. The predicted molar refractivity (Wildman–Crippen MR) is 203 cm³/mol. The van der Waals surface area contributed by atoms with Crippen molar-refractivity contribution < 1.29 is 19.8 Å². The van der Waals surface area contributed by atoms with Crippen LogP contribution in [-0.4, -0.2) is 28.7 Å². The Labute approximate surface area is 288 Å². The maximum absolute atomic E-state index is 10.6. The van der Waals surface area contributed by atoms with Gasteiger partial charge in [0, 0.05) is 12.5 Å². The topological polar surface area (TPSA) is 101 Å². The van der Waals surface area contributed by atoms with Crippen LogP contribution < -0.4 is 5.73 Å². The van der Waals surface area contributed by atoms with E-state index < -0.39 is 11.9 Å². The molecule has 0 bridgehead atoms. The molecule has 4 N–H and O–H groups in total. The summed E-state index contributed by atoms with van der Waals surface area (Å²) >= 11 is 0. The summed E-state index contributed by atoms with van der Waals surface area (Å²) in [5.74, 6) is -1.20. The number of allylic oxidation sites excluding steroid dienone is 1. The molecule has 0 heterocycles. The summed E-state index contributed by atoms with van der Waals surface area (Å²) in [6.07, 6.45) is 44.6. The van der Waals surface area contributed by atoms with Crippen LogP contribution in [0.15, 0.2) is 12.2 Å². The number of aliphatic carboxylic acids is 2. The van der Waals surface area contributed by atoms with Gasteiger partial charge in [0.2, 0.25) is 0 Å². The van der Waals surface area contributed by atoms with Crippen LogP contribution in [0.2, 0.25) is 0 Å². The molecule has 0 aliphatic carbocycles. The van der Waals surface area contributed by atoms with Gasteiger partial charge in [0.05, 0.1) is 0 Å². The number of carboxylic acids is 2. The summed E-state index contributed by atoms with van der Waals surface area (Å²) in [5.41, 5.74) is 5.47. The third-order valence-electron chi connectivity index (χ3n) is 8.69. The molecule has 0 aromatic rings. The molecule has 1 atom stereocenters. The summed E-state index contributed by atoms with van der Waals surface area (Å²) < 4.78 is 0. The zero-order valence-corrected chi connectivity index (χ0v) is 31.6. The molecule has 0 radical (unpaired) electrons. The van der Waals surface area contributed by atoms with Gasteiger partial charge >= 0.3 is 11.9 Å². The highest BCUT2D eigenvalue weighted by Crippen LogP contribution is 2.16. The predicted octanol–water partition coefficient (Wildman–Crippen LogP) is 13.4. The quantitative estimate of drug-likeness (QED) is 0.0483. The lowest BCUT2D eigenvalue weighted by Crippen LogP contribution is -2.03. The lowest BCUT2D eigenvalue weighted by molar-refractivity contribution is -0.138. The van der Waals surface area contributed by atoms with E-state index in [0.717, 1.165) is 19.0 Å². The molecule has 0 saturated heterocycles. The Kier molecular flexibility index (Phi) is 48.8. The number of hydrogen-bond donors (Lipinski definition) is 3. The van der Waals surface area contributed by atoms with E-state index in [2.05, 4.69) is 20.8 Å². The van der Waals surface area contributed by atoms with Crippen LogP contribution >= 0.6 is 0 Å². The Morgan fingerprint density at radius 1 is 0.522 bits per heavy atom. The van der Waals surface area contributed by atoms with Gasteiger partial charge in [-0.2, -0.15) is 0 Å². The zero-order chi connectivity index (χ0) is 34.8. The number of carboxylic acid groups (broad SMARTS) is 2. The molecule has 0 aliphatic heterocycles. The molecule has 0 aromatic heterocycles. The average molecular weight is 654 g/mol. The summed E-state index contributed by atoms with van der Waals surface area (Å²) in [7, 11) is 0. The van der Waals surface area contributed by atoms with Gasteiger partial charge in [-0.25, -0.2) is 4.79 Å². The summed E-state index contributed by atoms with van der Waals surface area (Å²) in [6, 6.07) is 0. The Hall–Kier alpha value is -1.36. The second kappa shape index (κ2) is 45.8. The lowest BCUT2D eigenvalue weighted by atomic mass is 9.99. The normalized spacial score (nSPS) is 11.5. The van der Waals surface area contributed by atoms with Crippen LogP contribution in [0.1, 0.15) is 227 Å². The fourth-order valence-corrected chi connectivity index (χ4v) is 5.75. The van der Waals surface area contributed by atoms with Crippen LogP contribution in [0.4, 0.5) is 0 Å². The minimum atomic E-state index is -0.891. The minimum absolute atomic E-state index is 0.332. The molecule has 0 spiro atoms. The number of rotatable bonds is 33. The molecule has 5 nitrogen and oxygen atoms in total. The van der Waals surface area contributed by atoms with Crippen LogP contribution in [0.3, 0.4) is 0 Å². The van der Waals surface area contributed by atoms with Crippen LogP contribution in [0, 0.1) is 5.92 Å². The third-order valence-corrected chi connectivity index (χ3v) is 8.69. The fraction of sp³-hybridized carbons (Fsp3) is 0.902. The Balaban J connectivity index is -0.000000702. The van der Waals surface area contributed by atoms with Crippen molar-refractivity contribution in [2.45, 2.75) is 227 Å². The van der Waals surface area contributed by atoms with E-state index in [1.165, 1.54) is 192 Å². The molecular weight excluding hydrogens is 570 g/mol. The lowest BCUT2D eigenvalue weighted by Gasteiger charge is -2.08. The van der Waals surface area contributed by atoms with Crippen molar-refractivity contribution in [3.05, 3.63) is 12.2 Å². The molecule has 0 saturated carbocycles. The van der Waals surface area contributed by atoms with Gasteiger partial charge in [-0.05, 0) is 25.8 Å². The number of carbonyl (C=O) groups is 2. The molecule has 276 valence electrons. The zero-order valence-electron chi connectivity index (χ0n) is 31.6. The van der Waals surface area contributed by atoms with Crippen molar-refractivity contribution >= 4 is 11.9 Å². The minimum Gasteiger partial charge on any atom is -0.481 e. The van der Waals surface area contributed by atoms with Crippen LogP contribution in [-0.2, 0) is 9.59 Å². The summed E-state index contributed by atoms with van der Waals surface area (Å²) in [4.78, 5) is 20.1. The Morgan fingerprint density at radius 2 is 0.804 bits per heavy atom. The molecule has 0 rings (SSSR count). The highest BCUT2D eigenvalue weighted by atomic mass is 16.4. The second-order valence-corrected chi connectivity index (χ2v) is 13.7. The Morgan fingerprint density at radius 3 is 1.02 bits per heavy atom. The van der Waals surface area contributed by atoms with E-state index in [-0.39, 0.29) is 0 Å². The van der Waals surface area contributed by atoms with E-state index in [1.807, 2.05) is 0 Å². The molecule has 0 aromatic carbocycles. The highest BCUT2D eigenvalue weighted by Gasteiger charge is 2.06. The van der Waals surface area contributed by atoms with Crippen LogP contribution in [0.5, 0.6) is 0 Å². The number of nitrogens with two attached hydrogens (primary N) is 1. The third kappa shape index (κ3) is 55.1. The van der Waals surface area contributed by atoms with Gasteiger partial charge < -0.3 is 15.9 Å². The van der Waals surface area contributed by atoms with E-state index in [4.69, 9.17) is 15.9 Å². The first-order chi connectivity index (χ1) is 22.3. The van der Waals surface area contributed by atoms with Crippen molar-refractivity contribution in [3.63, 3.8) is 0 Å². The molecule has 0 amide bonds. The van der Waals surface area contributed by atoms with E-state index in [1.54, 1.807) is 6.92 Å². The first kappa shape index (κ1) is 49.0. The molecule has 5 heteroatoms. The fourth-order valence-electron chi connectivity index (χ4n) is 5.75. The van der Waals surface area contributed by atoms with Crippen LogP contribution in [0.25, 0.3) is 0 Å². The van der Waals surface area contributed by atoms with Crippen molar-refractivity contribution in [1.82, 2.24) is 0 Å². The van der Waals surface area contributed by atoms with Gasteiger partial charge in [0.15, 0.2) is 0 Å². The first-order valence-electron chi connectivity index (χ1n) is 20.1. The maximum Gasteiger partial charge on any atom is 0.327 e. The molecule has 0 aliphatic rings. The second-order valence-electron chi connectivity index (χ2n) is 13.7. The van der Waals surface area contributed by atoms with Gasteiger partial charge in [-0.15, -0.1) is 0 Å². The number of hydrogen-bond acceptors (Lipinski definition) is 3. The van der Waals surface area contributed by atoms with E-state index in [0.29, 0.717) is 12.3 Å². The largest absolute Gasteiger partial charge is 0.481 e. The molecular formula is C41H83NO4. The highest BCUT2D eigenvalue weighted by molar-refractivity contribution is 5.79. The van der Waals surface area contributed by atoms with Crippen molar-refractivity contribution in [1.29, 1.82) is 0 Å². The van der Waals surface area contributed by atoms with Gasteiger partial charge in [-0.1, -0.05) is 213 Å². The monoisotopic (exact) mass is 654 g/mol. The van der Waals surface area contributed by atoms with E-state index in [9.17, 15) is 9.59 Å². The Bertz CT molecular complexity index is 593. The van der Waals surface area contributed by atoms with E-state index >= 15 is 0 Å². The standard InChI is InChI=1S/C21H42O2.C16H35N.C4H6O2/c1-3-4-5-6-7-8-9-10-11-12-13-14-15-16-17-18-20(2)19-21(22)23;1-2-3-4-5-6-7-8-9-10-11-12-13-14-15-16-17;1-2-3-4(5)6/h20H,3-19H2,1-2H3,(H,22,23);2-17H2,1H3;2-3H,1H3,(H,5,6)/b;;3-2+. The molecule has 1 unspecified atom stereocenters. The maximum atomic E-state index is 10.6. The number of unbranched alkanes of at least 4 members (excludes halogenated alkanes) is 27. The first-order valence-corrected chi connectivity index (χ1v) is 20.1. The van der Waals surface area contributed by atoms with Crippen molar-refractivity contribution in [2.24, 2.45) is 11.7 Å². The van der Waals surface area contributed by atoms with Crippen molar-refractivity contribution in [3.8, 4) is 0 Å². The summed E-state index contributed by atoms with van der Waals surface area (Å²) in [5, 5.41) is 16.5. The van der Waals surface area contributed by atoms with Crippen molar-refractivity contribution in [2.75, 3.05) is 6.54 Å². The molecule has 46 heavy (non-hydrogen) atoms.